The zero-order valence-corrected chi connectivity index (χ0v) is 9.43. The molecule has 0 bridgehead atoms. The van der Waals surface area contributed by atoms with Gasteiger partial charge in [-0.15, -0.1) is 0 Å². The van der Waals surface area contributed by atoms with Crippen LogP contribution in [-0.4, -0.2) is 27.2 Å². The van der Waals surface area contributed by atoms with Gasteiger partial charge in [-0.3, -0.25) is 14.5 Å². The topological polar surface area (TPSA) is 62.7 Å². The summed E-state index contributed by atoms with van der Waals surface area (Å²) in [4.78, 5) is 11.0. The third-order valence-corrected chi connectivity index (χ3v) is 2.99. The average Bonchev–Trinajstić information content (AvgIpc) is 2.61. The van der Waals surface area contributed by atoms with Gasteiger partial charge in [-0.25, -0.2) is 0 Å². The van der Waals surface area contributed by atoms with Crippen molar-refractivity contribution >= 4 is 18.1 Å². The smallest absolute Gasteiger partial charge is 0.220 e. The summed E-state index contributed by atoms with van der Waals surface area (Å²) in [6.07, 6.45) is 2.25. The second-order valence-corrected chi connectivity index (χ2v) is 4.05. The Labute approximate surface area is 92.9 Å². The van der Waals surface area contributed by atoms with Crippen molar-refractivity contribution in [1.82, 2.24) is 20.1 Å². The lowest BCUT2D eigenvalue weighted by Crippen LogP contribution is -2.36. The summed E-state index contributed by atoms with van der Waals surface area (Å²) in [5.74, 6) is 1.08. The quantitative estimate of drug-likeness (QED) is 0.738. The van der Waals surface area contributed by atoms with Crippen LogP contribution in [0.3, 0.4) is 0 Å². The largest absolute Gasteiger partial charge is 0.354 e. The van der Waals surface area contributed by atoms with E-state index < -0.39 is 0 Å². The molecule has 1 unspecified atom stereocenters. The summed E-state index contributed by atoms with van der Waals surface area (Å²) >= 11 is 5.18. The van der Waals surface area contributed by atoms with Gasteiger partial charge in [-0.2, -0.15) is 5.10 Å². The highest BCUT2D eigenvalue weighted by molar-refractivity contribution is 7.71. The average molecular weight is 226 g/mol. The van der Waals surface area contributed by atoms with Crippen molar-refractivity contribution in [2.45, 2.75) is 32.2 Å². The van der Waals surface area contributed by atoms with E-state index in [0.29, 0.717) is 17.7 Å². The van der Waals surface area contributed by atoms with Crippen LogP contribution in [0.5, 0.6) is 0 Å². The number of aromatic amines is 1. The molecular formula is C9H14N4OS. The molecule has 2 heterocycles. The van der Waals surface area contributed by atoms with Gasteiger partial charge in [-0.1, -0.05) is 6.92 Å². The zero-order chi connectivity index (χ0) is 10.8. The van der Waals surface area contributed by atoms with Crippen LogP contribution in [0.1, 0.15) is 31.6 Å². The van der Waals surface area contributed by atoms with Gasteiger partial charge in [0.05, 0.1) is 6.04 Å². The van der Waals surface area contributed by atoms with Crippen LogP contribution in [0, 0.1) is 4.77 Å². The van der Waals surface area contributed by atoms with E-state index in [0.717, 1.165) is 18.7 Å². The number of rotatable bonds is 2. The molecule has 0 saturated carbocycles. The molecule has 2 rings (SSSR count). The van der Waals surface area contributed by atoms with Gasteiger partial charge in [0, 0.05) is 19.4 Å². The highest BCUT2D eigenvalue weighted by atomic mass is 32.1. The number of hydrogen-bond acceptors (Lipinski definition) is 3. The fourth-order valence-electron chi connectivity index (χ4n) is 1.90. The van der Waals surface area contributed by atoms with Gasteiger partial charge in [0.2, 0.25) is 5.91 Å². The maximum absolute atomic E-state index is 11.0. The minimum Gasteiger partial charge on any atom is -0.354 e. The van der Waals surface area contributed by atoms with Crippen molar-refractivity contribution in [3.8, 4) is 0 Å². The van der Waals surface area contributed by atoms with E-state index in [4.69, 9.17) is 12.2 Å². The number of hydrogen-bond donors (Lipinski definition) is 2. The summed E-state index contributed by atoms with van der Waals surface area (Å²) < 4.78 is 2.67. The molecule has 0 spiro atoms. The fourth-order valence-corrected chi connectivity index (χ4v) is 2.20. The van der Waals surface area contributed by atoms with Gasteiger partial charge in [0.15, 0.2) is 4.77 Å². The van der Waals surface area contributed by atoms with Crippen LogP contribution < -0.4 is 5.32 Å². The van der Waals surface area contributed by atoms with Crippen LogP contribution in [0.2, 0.25) is 0 Å². The zero-order valence-electron chi connectivity index (χ0n) is 8.62. The van der Waals surface area contributed by atoms with E-state index in [1.165, 1.54) is 0 Å². The molecule has 1 atom stereocenters. The van der Waals surface area contributed by atoms with E-state index in [1.54, 1.807) is 0 Å². The van der Waals surface area contributed by atoms with E-state index in [9.17, 15) is 4.79 Å². The predicted octanol–water partition coefficient (Wildman–Crippen LogP) is 0.954. The Bertz CT molecular complexity index is 412. The molecule has 0 aromatic carbocycles. The normalized spacial score (nSPS) is 21.4. The SMILES string of the molecule is CCc1n[nH]c(=S)n1C1CCC(=O)NC1. The number of nitrogens with zero attached hydrogens (tertiary/aromatic N) is 2. The maximum Gasteiger partial charge on any atom is 0.220 e. The Hall–Kier alpha value is -1.17. The van der Waals surface area contributed by atoms with Crippen LogP contribution in [0.4, 0.5) is 0 Å². The predicted molar refractivity (Wildman–Crippen MR) is 58.1 cm³/mol. The molecule has 5 nitrogen and oxygen atoms in total. The molecule has 6 heteroatoms. The molecule has 15 heavy (non-hydrogen) atoms. The number of amides is 1. The number of carbonyl (C=O) groups excluding carboxylic acids is 1. The first-order valence-electron chi connectivity index (χ1n) is 5.15. The third-order valence-electron chi connectivity index (χ3n) is 2.70. The van der Waals surface area contributed by atoms with E-state index >= 15 is 0 Å². The van der Waals surface area contributed by atoms with E-state index in [-0.39, 0.29) is 11.9 Å². The second-order valence-electron chi connectivity index (χ2n) is 3.67. The molecule has 1 aromatic rings. The number of aryl methyl sites for hydroxylation is 1. The van der Waals surface area contributed by atoms with E-state index in [2.05, 4.69) is 15.5 Å². The fraction of sp³-hybridized carbons (Fsp3) is 0.667. The molecule has 1 fully saturated rings. The molecule has 0 radical (unpaired) electrons. The van der Waals surface area contributed by atoms with Crippen LogP contribution in [0.25, 0.3) is 0 Å². The van der Waals surface area contributed by atoms with Crippen molar-refractivity contribution < 1.29 is 4.79 Å². The molecular weight excluding hydrogens is 212 g/mol. The maximum atomic E-state index is 11.0. The van der Waals surface area contributed by atoms with Gasteiger partial charge >= 0.3 is 0 Å². The van der Waals surface area contributed by atoms with Crippen molar-refractivity contribution in [2.75, 3.05) is 6.54 Å². The Kier molecular flexibility index (Phi) is 2.86. The number of piperidine rings is 1. The molecule has 1 saturated heterocycles. The lowest BCUT2D eigenvalue weighted by molar-refractivity contribution is -0.122. The Balaban J connectivity index is 2.25. The van der Waals surface area contributed by atoms with Crippen LogP contribution >= 0.6 is 12.2 Å². The van der Waals surface area contributed by atoms with E-state index in [1.807, 2.05) is 11.5 Å². The van der Waals surface area contributed by atoms with Gasteiger partial charge < -0.3 is 5.32 Å². The summed E-state index contributed by atoms with van der Waals surface area (Å²) in [7, 11) is 0. The van der Waals surface area contributed by atoms with Gasteiger partial charge in [-0.05, 0) is 18.6 Å². The summed E-state index contributed by atoms with van der Waals surface area (Å²) in [6.45, 7) is 2.70. The Morgan fingerprint density at radius 3 is 3.07 bits per heavy atom. The minimum atomic E-state index is 0.124. The molecule has 82 valence electrons. The first-order valence-corrected chi connectivity index (χ1v) is 5.55. The molecule has 1 amide bonds. The first kappa shape index (κ1) is 10.4. The minimum absolute atomic E-state index is 0.124. The molecule has 1 aliphatic rings. The highest BCUT2D eigenvalue weighted by Gasteiger charge is 2.22. The summed E-state index contributed by atoms with van der Waals surface area (Å²) in [5.41, 5.74) is 0. The number of nitrogens with one attached hydrogen (secondary N) is 2. The molecule has 1 aromatic heterocycles. The van der Waals surface area contributed by atoms with Crippen molar-refractivity contribution in [1.29, 1.82) is 0 Å². The summed E-state index contributed by atoms with van der Waals surface area (Å²) in [6, 6.07) is 0.254. The second kappa shape index (κ2) is 4.14. The number of H-pyrrole nitrogens is 1. The van der Waals surface area contributed by atoms with Gasteiger partial charge in [0.25, 0.3) is 0 Å². The van der Waals surface area contributed by atoms with Crippen LogP contribution in [0.15, 0.2) is 0 Å². The lowest BCUT2D eigenvalue weighted by Gasteiger charge is -2.24. The standard InChI is InChI=1S/C9H14N4OS/c1-2-7-11-12-9(15)13(7)6-3-4-8(14)10-5-6/h6H,2-5H2,1H3,(H,10,14)(H,12,15). The summed E-state index contributed by atoms with van der Waals surface area (Å²) in [5, 5.41) is 9.81. The molecule has 1 aliphatic heterocycles. The van der Waals surface area contributed by atoms with Gasteiger partial charge in [0.1, 0.15) is 5.82 Å². The van der Waals surface area contributed by atoms with Crippen molar-refractivity contribution in [3.05, 3.63) is 10.6 Å². The third kappa shape index (κ3) is 1.94. The van der Waals surface area contributed by atoms with Crippen LogP contribution in [-0.2, 0) is 11.2 Å². The van der Waals surface area contributed by atoms with Crippen molar-refractivity contribution in [2.24, 2.45) is 0 Å². The monoisotopic (exact) mass is 226 g/mol. The molecule has 2 N–H and O–H groups in total. The Morgan fingerprint density at radius 1 is 1.67 bits per heavy atom. The highest BCUT2D eigenvalue weighted by Crippen LogP contribution is 2.19. The number of aromatic nitrogens is 3. The lowest BCUT2D eigenvalue weighted by atomic mass is 10.1. The van der Waals surface area contributed by atoms with Crippen molar-refractivity contribution in [3.63, 3.8) is 0 Å². The molecule has 0 aliphatic carbocycles. The number of carbonyl (C=O) groups is 1. The Morgan fingerprint density at radius 2 is 2.47 bits per heavy atom. The first-order chi connectivity index (χ1) is 7.22.